The highest BCUT2D eigenvalue weighted by Gasteiger charge is 2.10. The summed E-state index contributed by atoms with van der Waals surface area (Å²) in [6.07, 6.45) is 1.68. The number of aromatic nitrogens is 3. The minimum atomic E-state index is 0.240. The first-order valence-electron chi connectivity index (χ1n) is 5.22. The van der Waals surface area contributed by atoms with Gasteiger partial charge in [-0.2, -0.15) is 4.98 Å². The number of ether oxygens (including phenoxy) is 1. The smallest absolute Gasteiger partial charge is 0.264 e. The monoisotopic (exact) mass is 297 g/mol. The van der Waals surface area contributed by atoms with Crippen molar-refractivity contribution in [2.75, 3.05) is 0 Å². The normalized spacial score (nSPS) is 10.8. The molecule has 17 heavy (non-hydrogen) atoms. The molecule has 0 aliphatic carbocycles. The topological polar surface area (TPSA) is 61.0 Å². The Bertz CT molecular complexity index is 499. The Labute approximate surface area is 107 Å². The maximum absolute atomic E-state index is 5.51. The molecule has 2 aromatic heterocycles. The van der Waals surface area contributed by atoms with Crippen molar-refractivity contribution in [1.29, 1.82) is 0 Å². The zero-order chi connectivity index (χ0) is 12.3. The third-order valence-electron chi connectivity index (χ3n) is 2.08. The molecular formula is C11H12BrN3O2. The first kappa shape index (κ1) is 12.0. The second-order valence-electron chi connectivity index (χ2n) is 3.78. The SMILES string of the molecule is CC(C)c1noc(COc2cccnc2Br)n1. The van der Waals surface area contributed by atoms with Crippen LogP contribution in [-0.4, -0.2) is 15.1 Å². The van der Waals surface area contributed by atoms with Crippen LogP contribution < -0.4 is 4.74 Å². The van der Waals surface area contributed by atoms with Crippen LogP contribution in [0.5, 0.6) is 5.75 Å². The van der Waals surface area contributed by atoms with Gasteiger partial charge in [-0.25, -0.2) is 4.98 Å². The molecule has 0 N–H and O–H groups in total. The molecule has 0 aromatic carbocycles. The molecule has 0 bridgehead atoms. The summed E-state index contributed by atoms with van der Waals surface area (Å²) in [4.78, 5) is 8.27. The van der Waals surface area contributed by atoms with Gasteiger partial charge in [0.05, 0.1) is 0 Å². The molecule has 0 amide bonds. The fourth-order valence-corrected chi connectivity index (χ4v) is 1.54. The molecule has 5 nitrogen and oxygen atoms in total. The lowest BCUT2D eigenvalue weighted by atomic mass is 10.2. The van der Waals surface area contributed by atoms with Crippen molar-refractivity contribution in [2.45, 2.75) is 26.4 Å². The summed E-state index contributed by atoms with van der Waals surface area (Å²) < 4.78 is 11.2. The Morgan fingerprint density at radius 1 is 1.47 bits per heavy atom. The zero-order valence-electron chi connectivity index (χ0n) is 9.55. The number of pyridine rings is 1. The first-order valence-corrected chi connectivity index (χ1v) is 6.02. The van der Waals surface area contributed by atoms with E-state index in [1.165, 1.54) is 0 Å². The molecular weight excluding hydrogens is 286 g/mol. The second kappa shape index (κ2) is 5.27. The summed E-state index contributed by atoms with van der Waals surface area (Å²) in [5.74, 6) is 2.05. The second-order valence-corrected chi connectivity index (χ2v) is 4.53. The van der Waals surface area contributed by atoms with Crippen LogP contribution in [0.25, 0.3) is 0 Å². The van der Waals surface area contributed by atoms with Crippen LogP contribution in [0.3, 0.4) is 0 Å². The fourth-order valence-electron chi connectivity index (χ4n) is 1.18. The van der Waals surface area contributed by atoms with Crippen molar-refractivity contribution in [3.8, 4) is 5.75 Å². The van der Waals surface area contributed by atoms with Crippen molar-refractivity contribution in [3.63, 3.8) is 0 Å². The van der Waals surface area contributed by atoms with E-state index in [4.69, 9.17) is 9.26 Å². The molecule has 0 aliphatic heterocycles. The standard InChI is InChI=1S/C11H12BrN3O2/c1-7(2)11-14-9(17-15-11)6-16-8-4-3-5-13-10(8)12/h3-5,7H,6H2,1-2H3. The maximum Gasteiger partial charge on any atom is 0.264 e. The van der Waals surface area contributed by atoms with E-state index in [1.54, 1.807) is 12.3 Å². The Morgan fingerprint density at radius 2 is 2.29 bits per heavy atom. The van der Waals surface area contributed by atoms with E-state index in [9.17, 15) is 0 Å². The summed E-state index contributed by atoms with van der Waals surface area (Å²) in [5, 5.41) is 3.86. The van der Waals surface area contributed by atoms with Gasteiger partial charge in [0.15, 0.2) is 18.2 Å². The molecule has 2 rings (SSSR count). The fraction of sp³-hybridized carbons (Fsp3) is 0.364. The molecule has 2 aromatic rings. The molecule has 0 saturated heterocycles. The van der Waals surface area contributed by atoms with Gasteiger partial charge in [0.2, 0.25) is 0 Å². The van der Waals surface area contributed by atoms with Crippen LogP contribution in [0, 0.1) is 0 Å². The van der Waals surface area contributed by atoms with Gasteiger partial charge in [0.1, 0.15) is 4.60 Å². The maximum atomic E-state index is 5.51. The van der Waals surface area contributed by atoms with E-state index in [1.807, 2.05) is 19.9 Å². The Kier molecular flexibility index (Phi) is 3.73. The van der Waals surface area contributed by atoms with E-state index < -0.39 is 0 Å². The van der Waals surface area contributed by atoms with Gasteiger partial charge in [0, 0.05) is 12.1 Å². The van der Waals surface area contributed by atoms with E-state index in [-0.39, 0.29) is 12.5 Å². The summed E-state index contributed by atoms with van der Waals surface area (Å²) in [6.45, 7) is 4.25. The van der Waals surface area contributed by atoms with Gasteiger partial charge >= 0.3 is 0 Å². The van der Waals surface area contributed by atoms with Crippen LogP contribution in [0.2, 0.25) is 0 Å². The number of rotatable bonds is 4. The van der Waals surface area contributed by atoms with E-state index >= 15 is 0 Å². The Hall–Kier alpha value is -1.43. The molecule has 0 fully saturated rings. The first-order chi connectivity index (χ1) is 8.16. The van der Waals surface area contributed by atoms with Gasteiger partial charge < -0.3 is 9.26 Å². The number of hydrogen-bond donors (Lipinski definition) is 0. The largest absolute Gasteiger partial charge is 0.481 e. The van der Waals surface area contributed by atoms with Crippen LogP contribution in [0.1, 0.15) is 31.5 Å². The van der Waals surface area contributed by atoms with Gasteiger partial charge in [-0.15, -0.1) is 0 Å². The number of nitrogens with zero attached hydrogens (tertiary/aromatic N) is 3. The number of halogens is 1. The van der Waals surface area contributed by atoms with Crippen molar-refractivity contribution < 1.29 is 9.26 Å². The lowest BCUT2D eigenvalue weighted by Gasteiger charge is -2.03. The Balaban J connectivity index is 2.00. The van der Waals surface area contributed by atoms with Crippen LogP contribution >= 0.6 is 15.9 Å². The Morgan fingerprint density at radius 3 is 2.94 bits per heavy atom. The van der Waals surface area contributed by atoms with Crippen LogP contribution in [-0.2, 0) is 6.61 Å². The summed E-state index contributed by atoms with van der Waals surface area (Å²) in [6, 6.07) is 3.62. The molecule has 0 saturated carbocycles. The highest BCUT2D eigenvalue weighted by atomic mass is 79.9. The summed E-state index contributed by atoms with van der Waals surface area (Å²) >= 11 is 3.30. The quantitative estimate of drug-likeness (QED) is 0.812. The lowest BCUT2D eigenvalue weighted by Crippen LogP contribution is -1.98. The lowest BCUT2D eigenvalue weighted by molar-refractivity contribution is 0.240. The highest BCUT2D eigenvalue weighted by molar-refractivity contribution is 9.10. The van der Waals surface area contributed by atoms with Gasteiger partial charge in [-0.1, -0.05) is 19.0 Å². The zero-order valence-corrected chi connectivity index (χ0v) is 11.1. The third-order valence-corrected chi connectivity index (χ3v) is 2.67. The minimum absolute atomic E-state index is 0.240. The van der Waals surface area contributed by atoms with Crippen molar-refractivity contribution in [1.82, 2.24) is 15.1 Å². The highest BCUT2D eigenvalue weighted by Crippen LogP contribution is 2.22. The average Bonchev–Trinajstić information content (AvgIpc) is 2.77. The van der Waals surface area contributed by atoms with Crippen molar-refractivity contribution in [3.05, 3.63) is 34.6 Å². The molecule has 0 radical (unpaired) electrons. The molecule has 6 heteroatoms. The van der Waals surface area contributed by atoms with Crippen molar-refractivity contribution in [2.24, 2.45) is 0 Å². The van der Waals surface area contributed by atoms with Crippen LogP contribution in [0.4, 0.5) is 0 Å². The molecule has 0 aliphatic rings. The minimum Gasteiger partial charge on any atom is -0.481 e. The predicted molar refractivity (Wildman–Crippen MR) is 64.7 cm³/mol. The van der Waals surface area contributed by atoms with Crippen molar-refractivity contribution >= 4 is 15.9 Å². The van der Waals surface area contributed by atoms with Gasteiger partial charge in [-0.3, -0.25) is 0 Å². The average molecular weight is 298 g/mol. The van der Waals surface area contributed by atoms with Gasteiger partial charge in [-0.05, 0) is 28.1 Å². The van der Waals surface area contributed by atoms with Gasteiger partial charge in [0.25, 0.3) is 5.89 Å². The van der Waals surface area contributed by atoms with E-state index in [0.717, 1.165) is 0 Å². The number of hydrogen-bond acceptors (Lipinski definition) is 5. The summed E-state index contributed by atoms with van der Waals surface area (Å²) in [7, 11) is 0. The molecule has 90 valence electrons. The predicted octanol–water partition coefficient (Wildman–Crippen LogP) is 2.93. The van der Waals surface area contributed by atoms with E-state index in [2.05, 4.69) is 31.1 Å². The third kappa shape index (κ3) is 3.03. The van der Waals surface area contributed by atoms with Crippen LogP contribution in [0.15, 0.2) is 27.5 Å². The molecule has 0 atom stereocenters. The molecule has 2 heterocycles. The molecule has 0 spiro atoms. The summed E-state index contributed by atoms with van der Waals surface area (Å²) in [5.41, 5.74) is 0. The van der Waals surface area contributed by atoms with E-state index in [0.29, 0.717) is 22.1 Å². The molecule has 0 unspecified atom stereocenters.